The van der Waals surface area contributed by atoms with E-state index in [9.17, 15) is 4.79 Å². The Morgan fingerprint density at radius 2 is 1.77 bits per heavy atom. The zero-order valence-corrected chi connectivity index (χ0v) is 17.6. The molecule has 1 aliphatic rings. The van der Waals surface area contributed by atoms with E-state index in [1.165, 1.54) is 0 Å². The highest BCUT2D eigenvalue weighted by atomic mass is 16.5. The molecule has 0 aromatic heterocycles. The van der Waals surface area contributed by atoms with Crippen molar-refractivity contribution < 1.29 is 14.3 Å². The lowest BCUT2D eigenvalue weighted by Gasteiger charge is -2.26. The van der Waals surface area contributed by atoms with Gasteiger partial charge in [-0.25, -0.2) is 0 Å². The molecule has 0 N–H and O–H groups in total. The van der Waals surface area contributed by atoms with Crippen LogP contribution in [-0.4, -0.2) is 69.3 Å². The lowest BCUT2D eigenvalue weighted by atomic mass is 9.96. The molecule has 0 atom stereocenters. The number of ether oxygens (including phenoxy) is 2. The van der Waals surface area contributed by atoms with Crippen LogP contribution in [0.5, 0.6) is 5.75 Å². The number of fused-ring (bicyclic) bond motifs is 1. The van der Waals surface area contributed by atoms with E-state index in [0.29, 0.717) is 12.2 Å². The van der Waals surface area contributed by atoms with Gasteiger partial charge in [-0.2, -0.15) is 0 Å². The summed E-state index contributed by atoms with van der Waals surface area (Å²) in [5.41, 5.74) is 2.81. The monoisotopic (exact) mass is 404 g/mol. The Morgan fingerprint density at radius 1 is 1.00 bits per heavy atom. The minimum absolute atomic E-state index is 0.00391. The van der Waals surface area contributed by atoms with Gasteiger partial charge in [0.25, 0.3) is 5.91 Å². The molecule has 30 heavy (non-hydrogen) atoms. The Hall–Kier alpha value is -2.89. The molecule has 156 valence electrons. The van der Waals surface area contributed by atoms with Gasteiger partial charge < -0.3 is 14.4 Å². The zero-order chi connectivity index (χ0) is 20.9. The highest BCUT2D eigenvalue weighted by Gasteiger charge is 2.13. The summed E-state index contributed by atoms with van der Waals surface area (Å²) < 4.78 is 11.6. The van der Waals surface area contributed by atoms with Gasteiger partial charge in [0.2, 0.25) is 0 Å². The molecule has 0 saturated carbocycles. The molecule has 5 heteroatoms. The lowest BCUT2D eigenvalue weighted by Crippen LogP contribution is -2.38. The van der Waals surface area contributed by atoms with Crippen molar-refractivity contribution in [3.63, 3.8) is 0 Å². The minimum atomic E-state index is 0.00391. The topological polar surface area (TPSA) is 42.0 Å². The molecule has 1 aliphatic heterocycles. The molecule has 1 fully saturated rings. The molecular weight excluding hydrogens is 376 g/mol. The van der Waals surface area contributed by atoms with Crippen molar-refractivity contribution in [2.75, 3.05) is 53.6 Å². The molecule has 1 heterocycles. The number of hydrogen-bond acceptors (Lipinski definition) is 4. The van der Waals surface area contributed by atoms with Gasteiger partial charge in [0, 0.05) is 44.7 Å². The van der Waals surface area contributed by atoms with Gasteiger partial charge in [-0.05, 0) is 34.7 Å². The first-order chi connectivity index (χ1) is 14.6. The summed E-state index contributed by atoms with van der Waals surface area (Å²) >= 11 is 0. The summed E-state index contributed by atoms with van der Waals surface area (Å²) in [6.07, 6.45) is 0. The van der Waals surface area contributed by atoms with Gasteiger partial charge in [-0.1, -0.05) is 42.5 Å². The quantitative estimate of drug-likeness (QED) is 0.625. The van der Waals surface area contributed by atoms with Crippen LogP contribution in [0.1, 0.15) is 10.4 Å². The minimum Gasteiger partial charge on any atom is -0.492 e. The van der Waals surface area contributed by atoms with Gasteiger partial charge >= 0.3 is 0 Å². The Morgan fingerprint density at radius 3 is 2.53 bits per heavy atom. The van der Waals surface area contributed by atoms with Crippen molar-refractivity contribution in [1.82, 2.24) is 9.80 Å². The average molecular weight is 405 g/mol. The summed E-state index contributed by atoms with van der Waals surface area (Å²) in [6, 6.07) is 20.2. The van der Waals surface area contributed by atoms with Crippen LogP contribution in [0, 0.1) is 0 Å². The number of rotatable bonds is 6. The van der Waals surface area contributed by atoms with Crippen LogP contribution in [-0.2, 0) is 4.74 Å². The Balaban J connectivity index is 1.59. The molecular formula is C25H28N2O3. The van der Waals surface area contributed by atoms with Gasteiger partial charge in [-0.15, -0.1) is 0 Å². The van der Waals surface area contributed by atoms with Crippen molar-refractivity contribution in [3.8, 4) is 16.9 Å². The second-order valence-electron chi connectivity index (χ2n) is 7.74. The van der Waals surface area contributed by atoms with Gasteiger partial charge in [0.1, 0.15) is 12.4 Å². The van der Waals surface area contributed by atoms with Crippen LogP contribution in [0.2, 0.25) is 0 Å². The highest BCUT2D eigenvalue weighted by Crippen LogP contribution is 2.34. The van der Waals surface area contributed by atoms with Crippen LogP contribution >= 0.6 is 0 Å². The van der Waals surface area contributed by atoms with Crippen molar-refractivity contribution >= 4 is 16.7 Å². The number of amides is 1. The lowest BCUT2D eigenvalue weighted by molar-refractivity contribution is 0.0323. The number of benzene rings is 3. The third kappa shape index (κ3) is 4.48. The molecule has 4 rings (SSSR count). The maximum atomic E-state index is 12.4. The second kappa shape index (κ2) is 9.28. The molecule has 0 aliphatic carbocycles. The van der Waals surface area contributed by atoms with E-state index in [1.807, 2.05) is 42.5 Å². The average Bonchev–Trinajstić information content (AvgIpc) is 2.79. The van der Waals surface area contributed by atoms with Gasteiger partial charge in [0.05, 0.1) is 13.2 Å². The van der Waals surface area contributed by atoms with Gasteiger partial charge in [-0.3, -0.25) is 9.69 Å². The number of carbonyl (C=O) groups excluding carboxylic acids is 1. The molecule has 0 unspecified atom stereocenters. The fourth-order valence-corrected chi connectivity index (χ4v) is 3.84. The summed E-state index contributed by atoms with van der Waals surface area (Å²) in [5.74, 6) is 0.896. The first-order valence-corrected chi connectivity index (χ1v) is 10.4. The van der Waals surface area contributed by atoms with Crippen LogP contribution in [0.3, 0.4) is 0 Å². The van der Waals surface area contributed by atoms with Crippen LogP contribution in [0.25, 0.3) is 21.9 Å². The predicted molar refractivity (Wildman–Crippen MR) is 120 cm³/mol. The molecule has 1 amide bonds. The molecule has 3 aromatic carbocycles. The first kappa shape index (κ1) is 20.4. The van der Waals surface area contributed by atoms with E-state index in [-0.39, 0.29) is 5.91 Å². The summed E-state index contributed by atoms with van der Waals surface area (Å²) in [6.45, 7) is 5.07. The zero-order valence-electron chi connectivity index (χ0n) is 17.6. The standard InChI is InChI=1S/C25H28N2O3/c1-26(2)25(28)20-7-5-6-19(18-20)21-10-11-24(23-9-4-3-8-22(21)23)30-17-14-27-12-15-29-16-13-27/h3-11,18H,12-17H2,1-2H3. The van der Waals surface area contributed by atoms with Gasteiger partial charge in [0.15, 0.2) is 0 Å². The first-order valence-electron chi connectivity index (χ1n) is 10.4. The maximum absolute atomic E-state index is 12.4. The highest BCUT2D eigenvalue weighted by molar-refractivity contribution is 6.01. The van der Waals surface area contributed by atoms with Crippen LogP contribution in [0.4, 0.5) is 0 Å². The second-order valence-corrected chi connectivity index (χ2v) is 7.74. The third-order valence-electron chi connectivity index (χ3n) is 5.48. The van der Waals surface area contributed by atoms with E-state index in [0.717, 1.165) is 60.5 Å². The number of carbonyl (C=O) groups is 1. The molecule has 5 nitrogen and oxygen atoms in total. The van der Waals surface area contributed by atoms with E-state index >= 15 is 0 Å². The largest absolute Gasteiger partial charge is 0.492 e. The molecule has 0 spiro atoms. The molecule has 3 aromatic rings. The van der Waals surface area contributed by atoms with Crippen molar-refractivity contribution in [3.05, 3.63) is 66.2 Å². The van der Waals surface area contributed by atoms with E-state index in [1.54, 1.807) is 19.0 Å². The van der Waals surface area contributed by atoms with Crippen LogP contribution in [0.15, 0.2) is 60.7 Å². The van der Waals surface area contributed by atoms with E-state index < -0.39 is 0 Å². The van der Waals surface area contributed by atoms with E-state index in [4.69, 9.17) is 9.47 Å². The molecule has 1 saturated heterocycles. The van der Waals surface area contributed by atoms with E-state index in [2.05, 4.69) is 23.1 Å². The predicted octanol–water partition coefficient (Wildman–Crippen LogP) is 3.92. The summed E-state index contributed by atoms with van der Waals surface area (Å²) in [4.78, 5) is 16.4. The number of nitrogens with zero attached hydrogens (tertiary/aromatic N) is 2. The summed E-state index contributed by atoms with van der Waals surface area (Å²) in [5, 5.41) is 2.21. The fraction of sp³-hybridized carbons (Fsp3) is 0.320. The Labute approximate surface area is 177 Å². The van der Waals surface area contributed by atoms with Crippen LogP contribution < -0.4 is 4.74 Å². The van der Waals surface area contributed by atoms with Crippen molar-refractivity contribution in [2.45, 2.75) is 0 Å². The Bertz CT molecular complexity index is 1030. The fourth-order valence-electron chi connectivity index (χ4n) is 3.84. The Kier molecular flexibility index (Phi) is 6.31. The van der Waals surface area contributed by atoms with Crippen molar-refractivity contribution in [1.29, 1.82) is 0 Å². The SMILES string of the molecule is CN(C)C(=O)c1cccc(-c2ccc(OCCN3CCOCC3)c3ccccc23)c1. The summed E-state index contributed by atoms with van der Waals surface area (Å²) in [7, 11) is 3.54. The third-order valence-corrected chi connectivity index (χ3v) is 5.48. The smallest absolute Gasteiger partial charge is 0.253 e. The molecule has 0 bridgehead atoms. The number of hydrogen-bond donors (Lipinski definition) is 0. The molecule has 0 radical (unpaired) electrons. The number of morpholine rings is 1. The maximum Gasteiger partial charge on any atom is 0.253 e. The van der Waals surface area contributed by atoms with Crippen molar-refractivity contribution in [2.24, 2.45) is 0 Å². The normalized spacial score (nSPS) is 14.6.